The van der Waals surface area contributed by atoms with Crippen molar-refractivity contribution >= 4 is 45.4 Å². The van der Waals surface area contributed by atoms with Gasteiger partial charge in [-0.3, -0.25) is 0 Å². The molecule has 1 aromatic heterocycles. The highest BCUT2D eigenvalue weighted by atomic mass is 35.5. The second-order valence-corrected chi connectivity index (χ2v) is 6.57. The van der Waals surface area contributed by atoms with Crippen molar-refractivity contribution in [2.24, 2.45) is 0 Å². The van der Waals surface area contributed by atoms with Gasteiger partial charge >= 0.3 is 6.18 Å². The largest absolute Gasteiger partial charge is 0.434 e. The van der Waals surface area contributed by atoms with Gasteiger partial charge in [0.15, 0.2) is 10.8 Å². The molecule has 3 rings (SSSR count). The molecule has 0 unspecified atom stereocenters. The number of halogens is 5. The predicted octanol–water partition coefficient (Wildman–Crippen LogP) is 6.88. The quantitative estimate of drug-likeness (QED) is 0.528. The van der Waals surface area contributed by atoms with E-state index in [0.717, 1.165) is 11.3 Å². The summed E-state index contributed by atoms with van der Waals surface area (Å²) >= 11 is 12.9. The maximum absolute atomic E-state index is 13.3. The standard InChI is InChI=1S/C16H9Cl2F3N2S/c17-10-7-4-8-11(12(10)18)22-15-23-14(16(19,20)21)13(24-15)9-5-2-1-3-6-9/h1-8H,(H,22,23). The number of benzene rings is 2. The number of anilines is 2. The van der Waals surface area contributed by atoms with Crippen LogP contribution in [-0.4, -0.2) is 4.98 Å². The number of hydrogen-bond donors (Lipinski definition) is 1. The van der Waals surface area contributed by atoms with Crippen LogP contribution < -0.4 is 5.32 Å². The second kappa shape index (κ2) is 6.63. The van der Waals surface area contributed by atoms with E-state index < -0.39 is 11.9 Å². The average Bonchev–Trinajstić information content (AvgIpc) is 2.97. The van der Waals surface area contributed by atoms with Gasteiger partial charge in [0.25, 0.3) is 0 Å². The van der Waals surface area contributed by atoms with Gasteiger partial charge in [-0.15, -0.1) is 0 Å². The van der Waals surface area contributed by atoms with Gasteiger partial charge in [0, 0.05) is 0 Å². The Morgan fingerprint density at radius 1 is 0.958 bits per heavy atom. The number of aromatic nitrogens is 1. The third-order valence-electron chi connectivity index (χ3n) is 3.12. The lowest BCUT2D eigenvalue weighted by atomic mass is 10.1. The molecule has 1 N–H and O–H groups in total. The van der Waals surface area contributed by atoms with Crippen LogP contribution in [0.4, 0.5) is 24.0 Å². The molecule has 2 nitrogen and oxygen atoms in total. The first-order chi connectivity index (χ1) is 11.4. The number of hydrogen-bond acceptors (Lipinski definition) is 3. The molecule has 0 aliphatic carbocycles. The fourth-order valence-electron chi connectivity index (χ4n) is 2.07. The summed E-state index contributed by atoms with van der Waals surface area (Å²) in [6.07, 6.45) is -4.56. The lowest BCUT2D eigenvalue weighted by Gasteiger charge is -2.06. The van der Waals surface area contributed by atoms with E-state index >= 15 is 0 Å². The van der Waals surface area contributed by atoms with E-state index in [1.165, 1.54) is 0 Å². The molecule has 24 heavy (non-hydrogen) atoms. The van der Waals surface area contributed by atoms with E-state index in [4.69, 9.17) is 23.2 Å². The molecule has 8 heteroatoms. The summed E-state index contributed by atoms with van der Waals surface area (Å²) < 4.78 is 39.9. The summed E-state index contributed by atoms with van der Waals surface area (Å²) in [5, 5.41) is 3.42. The Kier molecular flexibility index (Phi) is 4.71. The summed E-state index contributed by atoms with van der Waals surface area (Å²) in [6.45, 7) is 0. The van der Waals surface area contributed by atoms with Crippen molar-refractivity contribution in [1.82, 2.24) is 4.98 Å². The first-order valence-corrected chi connectivity index (χ1v) is 8.28. The molecule has 0 atom stereocenters. The monoisotopic (exact) mass is 388 g/mol. The van der Waals surface area contributed by atoms with Crippen LogP contribution in [0.25, 0.3) is 10.4 Å². The van der Waals surface area contributed by atoms with Crippen molar-refractivity contribution in [3.8, 4) is 10.4 Å². The SMILES string of the molecule is FC(F)(F)c1nc(Nc2cccc(Cl)c2Cl)sc1-c1ccccc1. The number of nitrogens with zero attached hydrogens (tertiary/aromatic N) is 1. The maximum atomic E-state index is 13.3. The van der Waals surface area contributed by atoms with Gasteiger partial charge in [-0.05, 0) is 17.7 Å². The summed E-state index contributed by atoms with van der Waals surface area (Å²) in [5.41, 5.74) is -0.0850. The smallest absolute Gasteiger partial charge is 0.330 e. The van der Waals surface area contributed by atoms with Crippen LogP contribution in [0.5, 0.6) is 0 Å². The highest BCUT2D eigenvalue weighted by molar-refractivity contribution is 7.19. The molecule has 0 amide bonds. The molecular weight excluding hydrogens is 380 g/mol. The topological polar surface area (TPSA) is 24.9 Å². The van der Waals surface area contributed by atoms with Crippen LogP contribution in [-0.2, 0) is 6.18 Å². The average molecular weight is 389 g/mol. The van der Waals surface area contributed by atoms with Gasteiger partial charge in [-0.25, -0.2) is 4.98 Å². The van der Waals surface area contributed by atoms with E-state index in [1.807, 2.05) is 0 Å². The minimum atomic E-state index is -4.56. The highest BCUT2D eigenvalue weighted by Gasteiger charge is 2.38. The molecule has 0 saturated heterocycles. The van der Waals surface area contributed by atoms with Gasteiger partial charge in [-0.2, -0.15) is 13.2 Å². The van der Waals surface area contributed by atoms with E-state index in [0.29, 0.717) is 16.3 Å². The van der Waals surface area contributed by atoms with Crippen molar-refractivity contribution in [3.05, 3.63) is 64.3 Å². The van der Waals surface area contributed by atoms with Crippen LogP contribution in [0.15, 0.2) is 48.5 Å². The number of rotatable bonds is 3. The third-order valence-corrected chi connectivity index (χ3v) is 4.96. The second-order valence-electron chi connectivity index (χ2n) is 4.79. The zero-order valence-corrected chi connectivity index (χ0v) is 14.2. The van der Waals surface area contributed by atoms with E-state index in [1.54, 1.807) is 48.5 Å². The van der Waals surface area contributed by atoms with Gasteiger partial charge in [-0.1, -0.05) is 70.9 Å². The summed E-state index contributed by atoms with van der Waals surface area (Å²) in [4.78, 5) is 3.75. The molecule has 0 saturated carbocycles. The van der Waals surface area contributed by atoms with Crippen molar-refractivity contribution in [2.45, 2.75) is 6.18 Å². The lowest BCUT2D eigenvalue weighted by Crippen LogP contribution is -2.07. The number of thiazole rings is 1. The number of nitrogens with one attached hydrogen (secondary N) is 1. The zero-order chi connectivity index (χ0) is 17.3. The Bertz CT molecular complexity index is 864. The minimum absolute atomic E-state index is 0.0451. The Labute approximate surface area is 149 Å². The lowest BCUT2D eigenvalue weighted by molar-refractivity contribution is -0.140. The molecule has 124 valence electrons. The van der Waals surface area contributed by atoms with Crippen LogP contribution >= 0.6 is 34.5 Å². The summed E-state index contributed by atoms with van der Waals surface area (Å²) in [5.74, 6) is 0. The summed E-state index contributed by atoms with van der Waals surface area (Å²) in [6, 6.07) is 13.2. The van der Waals surface area contributed by atoms with Gasteiger partial charge in [0.1, 0.15) is 0 Å². The van der Waals surface area contributed by atoms with E-state index in [2.05, 4.69) is 10.3 Å². The molecule has 3 aromatic rings. The molecule has 1 heterocycles. The Balaban J connectivity index is 2.04. The predicted molar refractivity (Wildman–Crippen MR) is 92.3 cm³/mol. The summed E-state index contributed by atoms with van der Waals surface area (Å²) in [7, 11) is 0. The number of alkyl halides is 3. The minimum Gasteiger partial charge on any atom is -0.330 e. The van der Waals surface area contributed by atoms with Crippen molar-refractivity contribution in [3.63, 3.8) is 0 Å². The van der Waals surface area contributed by atoms with Crippen molar-refractivity contribution in [1.29, 1.82) is 0 Å². The molecule has 0 aliphatic heterocycles. The molecule has 2 aromatic carbocycles. The first kappa shape index (κ1) is 17.1. The van der Waals surface area contributed by atoms with E-state index in [9.17, 15) is 13.2 Å². The molecule has 0 fully saturated rings. The highest BCUT2D eigenvalue weighted by Crippen LogP contribution is 2.43. The molecule has 0 spiro atoms. The van der Waals surface area contributed by atoms with E-state index in [-0.39, 0.29) is 15.0 Å². The van der Waals surface area contributed by atoms with Crippen molar-refractivity contribution < 1.29 is 13.2 Å². The van der Waals surface area contributed by atoms with Gasteiger partial charge in [0.05, 0.1) is 20.6 Å². The molecule has 0 aliphatic rings. The van der Waals surface area contributed by atoms with Crippen molar-refractivity contribution in [2.75, 3.05) is 5.32 Å². The molecular formula is C16H9Cl2F3N2S. The Morgan fingerprint density at radius 3 is 2.33 bits per heavy atom. The van der Waals surface area contributed by atoms with Crippen LogP contribution in [0.1, 0.15) is 5.69 Å². The molecule has 0 bridgehead atoms. The van der Waals surface area contributed by atoms with Crippen LogP contribution in [0, 0.1) is 0 Å². The fraction of sp³-hybridized carbons (Fsp3) is 0.0625. The first-order valence-electron chi connectivity index (χ1n) is 6.71. The fourth-order valence-corrected chi connectivity index (χ4v) is 3.42. The zero-order valence-electron chi connectivity index (χ0n) is 11.9. The molecule has 0 radical (unpaired) electrons. The Hall–Kier alpha value is -1.76. The maximum Gasteiger partial charge on any atom is 0.434 e. The normalized spacial score (nSPS) is 11.5. The van der Waals surface area contributed by atoms with Gasteiger partial charge < -0.3 is 5.32 Å². The third kappa shape index (κ3) is 3.50. The van der Waals surface area contributed by atoms with Crippen LogP contribution in [0.2, 0.25) is 10.0 Å². The van der Waals surface area contributed by atoms with Crippen LogP contribution in [0.3, 0.4) is 0 Å². The Morgan fingerprint density at radius 2 is 1.67 bits per heavy atom. The van der Waals surface area contributed by atoms with Gasteiger partial charge in [0.2, 0.25) is 0 Å².